The van der Waals surface area contributed by atoms with Crippen molar-refractivity contribution >= 4 is 56.5 Å². The molecule has 4 aromatic carbocycles. The first-order valence-corrected chi connectivity index (χ1v) is 17.6. The number of amides is 1. The van der Waals surface area contributed by atoms with Crippen LogP contribution >= 0.6 is 23.2 Å². The number of hydrogen-bond acceptors (Lipinski definition) is 5. The van der Waals surface area contributed by atoms with Gasteiger partial charge >= 0.3 is 10.2 Å². The summed E-state index contributed by atoms with van der Waals surface area (Å²) in [6.07, 6.45) is 7.40. The van der Waals surface area contributed by atoms with Crippen LogP contribution in [0, 0.1) is 0 Å². The van der Waals surface area contributed by atoms with Crippen molar-refractivity contribution in [1.82, 2.24) is 4.72 Å². The van der Waals surface area contributed by atoms with Gasteiger partial charge in [0.05, 0.1) is 29.9 Å². The van der Waals surface area contributed by atoms with Gasteiger partial charge in [-0.2, -0.15) is 8.42 Å². The molecule has 0 atom stereocenters. The number of nitrogens with one attached hydrogen (secondary N) is 1. The van der Waals surface area contributed by atoms with Gasteiger partial charge in [0.1, 0.15) is 0 Å². The van der Waals surface area contributed by atoms with Gasteiger partial charge in [-0.25, -0.2) is 9.03 Å². The van der Waals surface area contributed by atoms with Crippen molar-refractivity contribution in [2.45, 2.75) is 44.4 Å². The van der Waals surface area contributed by atoms with Gasteiger partial charge in [0.2, 0.25) is 11.8 Å². The lowest BCUT2D eigenvalue weighted by Gasteiger charge is -2.24. The number of halogens is 2. The molecule has 242 valence electrons. The Kier molecular flexibility index (Phi) is 9.59. The smallest absolute Gasteiger partial charge is 0.330 e. The zero-order valence-corrected chi connectivity index (χ0v) is 27.7. The predicted molar refractivity (Wildman–Crippen MR) is 186 cm³/mol. The van der Waals surface area contributed by atoms with Gasteiger partial charge in [-0.1, -0.05) is 97.1 Å². The second kappa shape index (κ2) is 13.8. The van der Waals surface area contributed by atoms with Gasteiger partial charge in [-0.15, -0.1) is 0 Å². The highest BCUT2D eigenvalue weighted by molar-refractivity contribution is 7.91. The van der Waals surface area contributed by atoms with Crippen molar-refractivity contribution in [2.75, 3.05) is 15.7 Å². The van der Waals surface area contributed by atoms with Crippen LogP contribution in [-0.4, -0.2) is 31.8 Å². The maximum absolute atomic E-state index is 13.9. The Morgan fingerprint density at radius 2 is 1.55 bits per heavy atom. The number of anilines is 2. The minimum absolute atomic E-state index is 0.0169. The highest BCUT2D eigenvalue weighted by Crippen LogP contribution is 2.34. The molecule has 2 aliphatic rings. The summed E-state index contributed by atoms with van der Waals surface area (Å²) in [5.41, 5.74) is 4.91. The highest BCUT2D eigenvalue weighted by Gasteiger charge is 2.30. The van der Waals surface area contributed by atoms with Crippen LogP contribution in [0.3, 0.4) is 0 Å². The molecular formula is C36H33Cl2N3O5S. The normalized spacial score (nSPS) is 16.0. The van der Waals surface area contributed by atoms with Crippen molar-refractivity contribution in [1.29, 1.82) is 0 Å². The number of benzene rings is 4. The van der Waals surface area contributed by atoms with E-state index in [1.54, 1.807) is 18.2 Å². The van der Waals surface area contributed by atoms with E-state index >= 15 is 0 Å². The van der Waals surface area contributed by atoms with Crippen LogP contribution < -0.4 is 13.9 Å². The fraction of sp³-hybridized carbons (Fsp3) is 0.222. The Morgan fingerprint density at radius 1 is 0.872 bits per heavy atom. The lowest BCUT2D eigenvalue weighted by atomic mass is 9.83. The van der Waals surface area contributed by atoms with Gasteiger partial charge in [0, 0.05) is 16.3 Å². The third kappa shape index (κ3) is 7.48. The standard InChI is InChI=1S/C36H33Cl2N3O5S/c37-29-17-18-32(33(38)20-29)34(42)22-40(30-7-4-8-31(21-30)41-23-35(43)39-47(41,45)46)36(44)19-24-9-11-26(12-10-24)28-15-13-27(14-16-28)25-5-2-1-3-6-25/h4,7-18,20-21,23,25,39,43H,1-3,5-6,19,22H2. The molecule has 2 N–H and O–H groups in total. The molecule has 1 heterocycles. The van der Waals surface area contributed by atoms with E-state index in [0.717, 1.165) is 27.2 Å². The molecular weight excluding hydrogens is 657 g/mol. The zero-order chi connectivity index (χ0) is 33.1. The summed E-state index contributed by atoms with van der Waals surface area (Å²) in [4.78, 5) is 28.6. The highest BCUT2D eigenvalue weighted by atomic mass is 35.5. The quantitative estimate of drug-likeness (QED) is 0.172. The van der Waals surface area contributed by atoms with E-state index < -0.39 is 21.9 Å². The van der Waals surface area contributed by atoms with E-state index in [0.29, 0.717) is 10.9 Å². The van der Waals surface area contributed by atoms with Crippen LogP contribution in [-0.2, 0) is 21.4 Å². The topological polar surface area (TPSA) is 107 Å². The maximum atomic E-state index is 13.9. The van der Waals surface area contributed by atoms with Gasteiger partial charge < -0.3 is 10.0 Å². The van der Waals surface area contributed by atoms with Crippen molar-refractivity contribution in [3.05, 3.63) is 130 Å². The second-order valence-corrected chi connectivity index (χ2v) is 14.2. The SMILES string of the molecule is O=C(CN(C(=O)Cc1ccc(-c2ccc(C3CCCCC3)cc2)cc1)c1cccc(N2C=C(O)NS2(=O)=O)c1)c1ccc(Cl)cc1Cl. The molecule has 0 radical (unpaired) electrons. The van der Waals surface area contributed by atoms with Crippen molar-refractivity contribution in [3.8, 4) is 11.1 Å². The first kappa shape index (κ1) is 32.6. The number of nitrogens with zero attached hydrogens (tertiary/aromatic N) is 2. The molecule has 0 saturated heterocycles. The van der Waals surface area contributed by atoms with E-state index in [4.69, 9.17) is 23.2 Å². The largest absolute Gasteiger partial charge is 0.493 e. The van der Waals surface area contributed by atoms with Crippen LogP contribution in [0.1, 0.15) is 59.5 Å². The summed E-state index contributed by atoms with van der Waals surface area (Å²) < 4.78 is 27.9. The van der Waals surface area contributed by atoms with Crippen molar-refractivity contribution in [2.24, 2.45) is 0 Å². The van der Waals surface area contributed by atoms with Gasteiger partial charge in [-0.3, -0.25) is 9.59 Å². The molecule has 4 aromatic rings. The number of aliphatic hydroxyl groups is 1. The molecule has 11 heteroatoms. The molecule has 1 aliphatic carbocycles. The molecule has 0 aromatic heterocycles. The Morgan fingerprint density at radius 3 is 2.19 bits per heavy atom. The number of ketones is 1. The fourth-order valence-corrected chi connectivity index (χ4v) is 7.69. The monoisotopic (exact) mass is 689 g/mol. The summed E-state index contributed by atoms with van der Waals surface area (Å²) in [7, 11) is -4.07. The Bertz CT molecular complexity index is 1940. The average molecular weight is 691 g/mol. The molecule has 0 bridgehead atoms. The maximum Gasteiger partial charge on any atom is 0.330 e. The van der Waals surface area contributed by atoms with Gasteiger partial charge in [0.15, 0.2) is 5.78 Å². The zero-order valence-electron chi connectivity index (χ0n) is 25.4. The van der Waals surface area contributed by atoms with Gasteiger partial charge in [0.25, 0.3) is 0 Å². The van der Waals surface area contributed by atoms with E-state index in [1.165, 1.54) is 66.8 Å². The number of rotatable bonds is 9. The molecule has 1 saturated carbocycles. The summed E-state index contributed by atoms with van der Waals surface area (Å²) in [6.45, 7) is -0.360. The van der Waals surface area contributed by atoms with Crippen LogP contribution in [0.5, 0.6) is 0 Å². The number of carbonyl (C=O) groups is 2. The molecule has 1 aliphatic heterocycles. The Balaban J connectivity index is 1.24. The first-order valence-electron chi connectivity index (χ1n) is 15.4. The first-order chi connectivity index (χ1) is 22.6. The third-order valence-electron chi connectivity index (χ3n) is 8.59. The van der Waals surface area contributed by atoms with E-state index in [1.807, 2.05) is 29.0 Å². The Labute approximate surface area is 284 Å². The van der Waals surface area contributed by atoms with Gasteiger partial charge in [-0.05, 0) is 77.4 Å². The number of hydrogen-bond donors (Lipinski definition) is 2. The van der Waals surface area contributed by atoms with E-state index in [2.05, 4.69) is 24.3 Å². The minimum Gasteiger partial charge on any atom is -0.493 e. The summed E-state index contributed by atoms with van der Waals surface area (Å²) in [5, 5.41) is 10.3. The lowest BCUT2D eigenvalue weighted by molar-refractivity contribution is -0.117. The van der Waals surface area contributed by atoms with E-state index in [-0.39, 0.29) is 40.8 Å². The number of aliphatic hydroxyl groups excluding tert-OH is 1. The summed E-state index contributed by atoms with van der Waals surface area (Å²) >= 11 is 12.3. The van der Waals surface area contributed by atoms with Crippen molar-refractivity contribution < 1.29 is 23.1 Å². The number of carbonyl (C=O) groups excluding carboxylic acids is 2. The Hall–Kier alpha value is -4.31. The second-order valence-electron chi connectivity index (χ2n) is 11.8. The molecule has 1 amide bonds. The van der Waals surface area contributed by atoms with Crippen LogP contribution in [0.2, 0.25) is 10.0 Å². The lowest BCUT2D eigenvalue weighted by Crippen LogP contribution is -2.37. The fourth-order valence-electron chi connectivity index (χ4n) is 6.14. The third-order valence-corrected chi connectivity index (χ3v) is 10.4. The minimum atomic E-state index is -4.07. The predicted octanol–water partition coefficient (Wildman–Crippen LogP) is 8.18. The molecule has 6 rings (SSSR count). The molecule has 8 nitrogen and oxygen atoms in total. The molecule has 1 fully saturated rings. The average Bonchev–Trinajstić information content (AvgIpc) is 3.35. The molecule has 0 unspecified atom stereocenters. The summed E-state index contributed by atoms with van der Waals surface area (Å²) in [6, 6.07) is 27.1. The van der Waals surface area contributed by atoms with Crippen LogP contribution in [0.25, 0.3) is 11.1 Å². The molecule has 0 spiro atoms. The van der Waals surface area contributed by atoms with E-state index in [9.17, 15) is 23.1 Å². The summed E-state index contributed by atoms with van der Waals surface area (Å²) in [5.74, 6) is -0.714. The van der Waals surface area contributed by atoms with Crippen LogP contribution in [0.15, 0.2) is 103 Å². The van der Waals surface area contributed by atoms with Crippen LogP contribution in [0.4, 0.5) is 11.4 Å². The number of Topliss-reactive ketones (excluding diaryl/α,β-unsaturated/α-hetero) is 1. The molecule has 47 heavy (non-hydrogen) atoms. The van der Waals surface area contributed by atoms with Crippen molar-refractivity contribution in [3.63, 3.8) is 0 Å².